The average Bonchev–Trinajstić information content (AvgIpc) is 3.06. The van der Waals surface area contributed by atoms with Gasteiger partial charge in [0.05, 0.1) is 11.8 Å². The van der Waals surface area contributed by atoms with Crippen LogP contribution in [0.25, 0.3) is 0 Å². The average molecular weight is 365 g/mol. The van der Waals surface area contributed by atoms with Crippen LogP contribution in [0.15, 0.2) is 33.7 Å². The lowest BCUT2D eigenvalue weighted by atomic mass is 10.2. The molecule has 136 valence electrons. The van der Waals surface area contributed by atoms with E-state index in [1.807, 2.05) is 6.92 Å². The molecule has 1 aliphatic heterocycles. The lowest BCUT2D eigenvalue weighted by Gasteiger charge is -2.26. The molecule has 25 heavy (non-hydrogen) atoms. The number of fused-ring (bicyclic) bond motifs is 1. The molecule has 7 nitrogen and oxygen atoms in total. The SMILES string of the molecule is CCCCc1noc(C(C)NCC2CS(=O)(=O)c3ccccc3O2)n1. The Balaban J connectivity index is 1.60. The van der Waals surface area contributed by atoms with E-state index in [9.17, 15) is 8.42 Å². The minimum Gasteiger partial charge on any atom is -0.487 e. The van der Waals surface area contributed by atoms with Crippen molar-refractivity contribution in [3.8, 4) is 5.75 Å². The standard InChI is InChI=1S/C17H23N3O4S/c1-3-4-9-16-19-17(24-20-16)12(2)18-10-13-11-25(21,22)15-8-6-5-7-14(15)23-13/h5-8,12-13,18H,3-4,9-11H2,1-2H3. The number of hydrogen-bond donors (Lipinski definition) is 1. The van der Waals surface area contributed by atoms with Crippen LogP contribution in [0, 0.1) is 0 Å². The van der Waals surface area contributed by atoms with Crippen LogP contribution in [-0.2, 0) is 16.3 Å². The molecule has 2 heterocycles. The number of sulfone groups is 1. The third kappa shape index (κ3) is 4.19. The van der Waals surface area contributed by atoms with Crippen molar-refractivity contribution in [1.29, 1.82) is 0 Å². The maximum Gasteiger partial charge on any atom is 0.243 e. The number of rotatable bonds is 7. The maximum atomic E-state index is 12.4. The van der Waals surface area contributed by atoms with E-state index in [1.165, 1.54) is 0 Å². The van der Waals surface area contributed by atoms with E-state index >= 15 is 0 Å². The first-order valence-electron chi connectivity index (χ1n) is 8.54. The Morgan fingerprint density at radius 1 is 1.36 bits per heavy atom. The molecule has 0 bridgehead atoms. The Bertz CT molecular complexity index is 819. The van der Waals surface area contributed by atoms with Gasteiger partial charge < -0.3 is 14.6 Å². The number of benzene rings is 1. The quantitative estimate of drug-likeness (QED) is 0.804. The second kappa shape index (κ2) is 7.53. The van der Waals surface area contributed by atoms with Gasteiger partial charge in [-0.05, 0) is 25.5 Å². The van der Waals surface area contributed by atoms with Crippen LogP contribution in [0.5, 0.6) is 5.75 Å². The van der Waals surface area contributed by atoms with Crippen molar-refractivity contribution in [3.05, 3.63) is 36.0 Å². The van der Waals surface area contributed by atoms with Crippen LogP contribution < -0.4 is 10.1 Å². The van der Waals surface area contributed by atoms with E-state index in [4.69, 9.17) is 9.26 Å². The fraction of sp³-hybridized carbons (Fsp3) is 0.529. The normalized spacial score (nSPS) is 19.8. The monoisotopic (exact) mass is 365 g/mol. The summed E-state index contributed by atoms with van der Waals surface area (Å²) in [6.45, 7) is 4.39. The fourth-order valence-electron chi connectivity index (χ4n) is 2.73. The molecule has 1 N–H and O–H groups in total. The summed E-state index contributed by atoms with van der Waals surface area (Å²) in [5.41, 5.74) is 0. The topological polar surface area (TPSA) is 94.3 Å². The number of para-hydroxylation sites is 1. The number of nitrogens with one attached hydrogen (secondary N) is 1. The zero-order chi connectivity index (χ0) is 17.9. The van der Waals surface area contributed by atoms with Gasteiger partial charge in [0.15, 0.2) is 15.7 Å². The molecule has 0 spiro atoms. The van der Waals surface area contributed by atoms with Gasteiger partial charge in [0.2, 0.25) is 5.89 Å². The van der Waals surface area contributed by atoms with Crippen molar-refractivity contribution in [2.75, 3.05) is 12.3 Å². The van der Waals surface area contributed by atoms with Gasteiger partial charge in [-0.3, -0.25) is 0 Å². The van der Waals surface area contributed by atoms with Crippen LogP contribution in [-0.4, -0.2) is 37.0 Å². The predicted molar refractivity (Wildman–Crippen MR) is 92.2 cm³/mol. The minimum absolute atomic E-state index is 0.0463. The number of unbranched alkanes of at least 4 members (excludes halogenated alkanes) is 1. The molecule has 3 rings (SSSR count). The number of aryl methyl sites for hydroxylation is 1. The van der Waals surface area contributed by atoms with Crippen LogP contribution in [0.2, 0.25) is 0 Å². The third-order valence-corrected chi connectivity index (χ3v) is 5.96. The van der Waals surface area contributed by atoms with Gasteiger partial charge in [0.1, 0.15) is 16.7 Å². The largest absolute Gasteiger partial charge is 0.487 e. The molecule has 0 fully saturated rings. The second-order valence-corrected chi connectivity index (χ2v) is 8.25. The smallest absolute Gasteiger partial charge is 0.243 e. The van der Waals surface area contributed by atoms with Crippen molar-refractivity contribution in [1.82, 2.24) is 15.5 Å². The van der Waals surface area contributed by atoms with E-state index in [0.29, 0.717) is 24.0 Å². The highest BCUT2D eigenvalue weighted by molar-refractivity contribution is 7.91. The van der Waals surface area contributed by atoms with E-state index in [1.54, 1.807) is 24.3 Å². The molecule has 0 amide bonds. The molecule has 2 unspecified atom stereocenters. The first kappa shape index (κ1) is 17.9. The Hall–Kier alpha value is -1.93. The molecule has 0 aliphatic carbocycles. The first-order valence-corrected chi connectivity index (χ1v) is 10.2. The highest BCUT2D eigenvalue weighted by Gasteiger charge is 2.31. The van der Waals surface area contributed by atoms with Crippen molar-refractivity contribution < 1.29 is 17.7 Å². The lowest BCUT2D eigenvalue weighted by Crippen LogP contribution is -2.40. The first-order chi connectivity index (χ1) is 12.0. The summed E-state index contributed by atoms with van der Waals surface area (Å²) in [5.74, 6) is 1.57. The molecular formula is C17H23N3O4S. The molecule has 0 saturated carbocycles. The van der Waals surface area contributed by atoms with Gasteiger partial charge >= 0.3 is 0 Å². The molecule has 0 saturated heterocycles. The Labute approximate surface area is 147 Å². The Kier molecular flexibility index (Phi) is 5.39. The van der Waals surface area contributed by atoms with Crippen LogP contribution >= 0.6 is 0 Å². The molecular weight excluding hydrogens is 342 g/mol. The molecule has 1 aromatic heterocycles. The molecule has 2 atom stereocenters. The minimum atomic E-state index is -3.33. The highest BCUT2D eigenvalue weighted by Crippen LogP contribution is 2.30. The number of nitrogens with zero attached hydrogens (tertiary/aromatic N) is 2. The number of aromatic nitrogens is 2. The van der Waals surface area contributed by atoms with Gasteiger partial charge in [-0.15, -0.1) is 0 Å². The number of hydrogen-bond acceptors (Lipinski definition) is 7. The summed E-state index contributed by atoms with van der Waals surface area (Å²) < 4.78 is 35.8. The summed E-state index contributed by atoms with van der Waals surface area (Å²) in [6, 6.07) is 6.55. The third-order valence-electron chi connectivity index (χ3n) is 4.14. The van der Waals surface area contributed by atoms with Gasteiger partial charge in [0.25, 0.3) is 0 Å². The Morgan fingerprint density at radius 2 is 2.16 bits per heavy atom. The molecule has 1 aromatic carbocycles. The maximum absolute atomic E-state index is 12.4. The van der Waals surface area contributed by atoms with E-state index in [0.717, 1.165) is 19.3 Å². The van der Waals surface area contributed by atoms with Crippen molar-refractivity contribution in [2.45, 2.75) is 50.2 Å². The van der Waals surface area contributed by atoms with Gasteiger partial charge in [-0.1, -0.05) is 30.6 Å². The fourth-order valence-corrected chi connectivity index (χ4v) is 4.29. The predicted octanol–water partition coefficient (Wildman–Crippen LogP) is 2.30. The van der Waals surface area contributed by atoms with Crippen molar-refractivity contribution >= 4 is 9.84 Å². The van der Waals surface area contributed by atoms with E-state index in [2.05, 4.69) is 22.4 Å². The lowest BCUT2D eigenvalue weighted by molar-refractivity contribution is 0.198. The van der Waals surface area contributed by atoms with Crippen LogP contribution in [0.1, 0.15) is 44.4 Å². The zero-order valence-corrected chi connectivity index (χ0v) is 15.3. The summed E-state index contributed by atoms with van der Waals surface area (Å²) in [6.07, 6.45) is 2.44. The van der Waals surface area contributed by atoms with Gasteiger partial charge in [0, 0.05) is 13.0 Å². The summed E-state index contributed by atoms with van der Waals surface area (Å²) in [7, 11) is -3.33. The number of ether oxygens (including phenoxy) is 1. The van der Waals surface area contributed by atoms with Crippen molar-refractivity contribution in [3.63, 3.8) is 0 Å². The molecule has 1 aliphatic rings. The van der Waals surface area contributed by atoms with Gasteiger partial charge in [-0.25, -0.2) is 8.42 Å². The van der Waals surface area contributed by atoms with Crippen LogP contribution in [0.3, 0.4) is 0 Å². The van der Waals surface area contributed by atoms with Crippen molar-refractivity contribution in [2.24, 2.45) is 0 Å². The van der Waals surface area contributed by atoms with E-state index in [-0.39, 0.29) is 16.7 Å². The highest BCUT2D eigenvalue weighted by atomic mass is 32.2. The van der Waals surface area contributed by atoms with Crippen LogP contribution in [0.4, 0.5) is 0 Å². The summed E-state index contributed by atoms with van der Waals surface area (Å²) in [5, 5.41) is 7.19. The summed E-state index contributed by atoms with van der Waals surface area (Å²) >= 11 is 0. The Morgan fingerprint density at radius 3 is 2.96 bits per heavy atom. The summed E-state index contributed by atoms with van der Waals surface area (Å²) in [4.78, 5) is 4.64. The molecule has 8 heteroatoms. The van der Waals surface area contributed by atoms with E-state index < -0.39 is 15.9 Å². The molecule has 2 aromatic rings. The van der Waals surface area contributed by atoms with Gasteiger partial charge in [-0.2, -0.15) is 4.98 Å². The zero-order valence-electron chi connectivity index (χ0n) is 14.4. The molecule has 0 radical (unpaired) electrons. The second-order valence-electron chi connectivity index (χ2n) is 6.25.